The van der Waals surface area contributed by atoms with E-state index >= 15 is 0 Å². The molecule has 0 aromatic rings. The van der Waals surface area contributed by atoms with Crippen LogP contribution in [0.1, 0.15) is 58.8 Å². The largest absolute Gasteiger partial charge is 0.456 e. The number of hydrogen-bond donors (Lipinski definition) is 0. The highest BCUT2D eigenvalue weighted by Gasteiger charge is 2.40. The lowest BCUT2D eigenvalue weighted by molar-refractivity contribution is -0.162. The summed E-state index contributed by atoms with van der Waals surface area (Å²) in [5.74, 6) is 0.256. The second-order valence-electron chi connectivity index (χ2n) is 4.75. The van der Waals surface area contributed by atoms with E-state index in [4.69, 9.17) is 4.74 Å². The second kappa shape index (κ2) is 6.07. The third-order valence-electron chi connectivity index (χ3n) is 3.96. The average molecular weight is 224 g/mol. The Bertz CT molecular complexity index is 247. The molecule has 0 saturated heterocycles. The zero-order valence-electron chi connectivity index (χ0n) is 10.6. The molecule has 16 heavy (non-hydrogen) atoms. The molecule has 0 aromatic carbocycles. The monoisotopic (exact) mass is 224 g/mol. The number of carbonyl (C=O) groups is 1. The van der Waals surface area contributed by atoms with Gasteiger partial charge < -0.3 is 4.74 Å². The van der Waals surface area contributed by atoms with E-state index in [0.717, 1.165) is 19.3 Å². The molecule has 1 aliphatic rings. The molecule has 0 N–H and O–H groups in total. The van der Waals surface area contributed by atoms with Crippen LogP contribution < -0.4 is 0 Å². The smallest absolute Gasteiger partial charge is 0.330 e. The summed E-state index contributed by atoms with van der Waals surface area (Å²) in [6, 6.07) is 0. The van der Waals surface area contributed by atoms with E-state index in [1.54, 1.807) is 0 Å². The fraction of sp³-hybridized carbons (Fsp3) is 0.786. The lowest BCUT2D eigenvalue weighted by Crippen LogP contribution is -2.41. The van der Waals surface area contributed by atoms with Crippen molar-refractivity contribution in [2.45, 2.75) is 64.4 Å². The Hall–Kier alpha value is -0.790. The minimum Gasteiger partial charge on any atom is -0.456 e. The highest BCUT2D eigenvalue weighted by atomic mass is 16.6. The molecule has 2 nitrogen and oxygen atoms in total. The topological polar surface area (TPSA) is 26.3 Å². The highest BCUT2D eigenvalue weighted by molar-refractivity contribution is 5.81. The fourth-order valence-electron chi connectivity index (χ4n) is 2.95. The first kappa shape index (κ1) is 13.3. The van der Waals surface area contributed by atoms with Crippen LogP contribution in [0.2, 0.25) is 0 Å². The van der Waals surface area contributed by atoms with E-state index in [1.165, 1.54) is 31.8 Å². The van der Waals surface area contributed by atoms with Gasteiger partial charge in [0.1, 0.15) is 5.60 Å². The minimum atomic E-state index is -0.262. The molecule has 2 unspecified atom stereocenters. The van der Waals surface area contributed by atoms with Gasteiger partial charge in [0, 0.05) is 6.08 Å². The molecule has 92 valence electrons. The summed E-state index contributed by atoms with van der Waals surface area (Å²) in [6.07, 6.45) is 9.22. The quantitative estimate of drug-likeness (QED) is 0.412. The summed E-state index contributed by atoms with van der Waals surface area (Å²) in [6.45, 7) is 7.82. The number of esters is 1. The number of hydrogen-bond acceptors (Lipinski definition) is 2. The molecule has 2 heteroatoms. The van der Waals surface area contributed by atoms with E-state index in [-0.39, 0.29) is 11.6 Å². The van der Waals surface area contributed by atoms with Gasteiger partial charge in [-0.1, -0.05) is 33.3 Å². The van der Waals surface area contributed by atoms with E-state index in [0.29, 0.717) is 5.92 Å². The normalized spacial score (nSPS) is 30.5. The zero-order valence-corrected chi connectivity index (χ0v) is 10.6. The Morgan fingerprint density at radius 3 is 2.75 bits per heavy atom. The molecule has 0 spiro atoms. The van der Waals surface area contributed by atoms with Crippen LogP contribution in [0.3, 0.4) is 0 Å². The molecule has 0 aromatic heterocycles. The van der Waals surface area contributed by atoms with E-state index < -0.39 is 0 Å². The molecule has 0 radical (unpaired) electrons. The maximum absolute atomic E-state index is 11.5. The molecule has 2 atom stereocenters. The van der Waals surface area contributed by atoms with Crippen LogP contribution in [0.25, 0.3) is 0 Å². The van der Waals surface area contributed by atoms with Crippen molar-refractivity contribution in [3.63, 3.8) is 0 Å². The van der Waals surface area contributed by atoms with Gasteiger partial charge in [-0.3, -0.25) is 0 Å². The third kappa shape index (κ3) is 2.87. The van der Waals surface area contributed by atoms with Crippen molar-refractivity contribution in [3.05, 3.63) is 12.7 Å². The van der Waals surface area contributed by atoms with Gasteiger partial charge in [-0.2, -0.15) is 0 Å². The van der Waals surface area contributed by atoms with Gasteiger partial charge in [-0.25, -0.2) is 4.79 Å². The Kier molecular flexibility index (Phi) is 5.04. The van der Waals surface area contributed by atoms with Crippen molar-refractivity contribution in [2.24, 2.45) is 5.92 Å². The molecule has 0 bridgehead atoms. The molecule has 1 aliphatic carbocycles. The molecular weight excluding hydrogens is 200 g/mol. The first-order valence-corrected chi connectivity index (χ1v) is 6.54. The summed E-state index contributed by atoms with van der Waals surface area (Å²) in [5.41, 5.74) is -0.226. The van der Waals surface area contributed by atoms with Crippen LogP contribution >= 0.6 is 0 Å². The van der Waals surface area contributed by atoms with Crippen molar-refractivity contribution in [1.82, 2.24) is 0 Å². The van der Waals surface area contributed by atoms with Crippen LogP contribution in [0.4, 0.5) is 0 Å². The molecule has 0 amide bonds. The third-order valence-corrected chi connectivity index (χ3v) is 3.96. The maximum atomic E-state index is 11.5. The minimum absolute atomic E-state index is 0.226. The van der Waals surface area contributed by atoms with E-state index in [2.05, 4.69) is 20.4 Å². The Morgan fingerprint density at radius 1 is 1.44 bits per heavy atom. The molecular formula is C14H24O2. The molecule has 1 saturated carbocycles. The lowest BCUT2D eigenvalue weighted by atomic mass is 9.79. The molecule has 0 heterocycles. The first-order chi connectivity index (χ1) is 7.68. The van der Waals surface area contributed by atoms with Crippen molar-refractivity contribution >= 4 is 5.97 Å². The molecule has 1 fully saturated rings. The van der Waals surface area contributed by atoms with Crippen LogP contribution in [-0.4, -0.2) is 11.6 Å². The SMILES string of the molecule is C=CC(=O)OC1(CC)CCCCCC1CC. The summed E-state index contributed by atoms with van der Waals surface area (Å²) in [4.78, 5) is 11.5. The molecule has 0 aliphatic heterocycles. The number of ether oxygens (including phenoxy) is 1. The van der Waals surface area contributed by atoms with Gasteiger partial charge in [0.2, 0.25) is 0 Å². The molecule has 1 rings (SSSR count). The van der Waals surface area contributed by atoms with Gasteiger partial charge >= 0.3 is 5.97 Å². The average Bonchev–Trinajstić information content (AvgIpc) is 2.51. The Morgan fingerprint density at radius 2 is 2.19 bits per heavy atom. The Labute approximate surface area is 99.1 Å². The maximum Gasteiger partial charge on any atom is 0.330 e. The standard InChI is InChI=1S/C14H24O2/c1-4-12-10-8-7-9-11-14(12,6-3)16-13(15)5-2/h5,12H,2,4,6-11H2,1,3H3. The zero-order chi connectivity index (χ0) is 12.0. The van der Waals surface area contributed by atoms with Crippen LogP contribution in [0.15, 0.2) is 12.7 Å². The van der Waals surface area contributed by atoms with Crippen molar-refractivity contribution in [1.29, 1.82) is 0 Å². The first-order valence-electron chi connectivity index (χ1n) is 6.54. The van der Waals surface area contributed by atoms with Crippen LogP contribution in [0.5, 0.6) is 0 Å². The lowest BCUT2D eigenvalue weighted by Gasteiger charge is -2.38. The highest BCUT2D eigenvalue weighted by Crippen LogP contribution is 2.40. The van der Waals surface area contributed by atoms with Crippen molar-refractivity contribution in [3.8, 4) is 0 Å². The van der Waals surface area contributed by atoms with Crippen LogP contribution in [-0.2, 0) is 9.53 Å². The fourth-order valence-corrected chi connectivity index (χ4v) is 2.95. The number of rotatable bonds is 4. The van der Waals surface area contributed by atoms with Crippen LogP contribution in [0, 0.1) is 5.92 Å². The summed E-state index contributed by atoms with van der Waals surface area (Å²) in [7, 11) is 0. The predicted octanol–water partition coefficient (Wildman–Crippen LogP) is 3.85. The predicted molar refractivity (Wildman–Crippen MR) is 66.2 cm³/mol. The Balaban J connectivity index is 2.85. The summed E-state index contributed by atoms with van der Waals surface area (Å²) in [5, 5.41) is 0. The van der Waals surface area contributed by atoms with Gasteiger partial charge in [0.05, 0.1) is 0 Å². The second-order valence-corrected chi connectivity index (χ2v) is 4.75. The summed E-state index contributed by atoms with van der Waals surface area (Å²) >= 11 is 0. The number of carbonyl (C=O) groups excluding carboxylic acids is 1. The van der Waals surface area contributed by atoms with Gasteiger partial charge in [-0.15, -0.1) is 0 Å². The van der Waals surface area contributed by atoms with Crippen molar-refractivity contribution in [2.75, 3.05) is 0 Å². The van der Waals surface area contributed by atoms with Gasteiger partial charge in [-0.05, 0) is 38.0 Å². The summed E-state index contributed by atoms with van der Waals surface area (Å²) < 4.78 is 5.70. The van der Waals surface area contributed by atoms with Gasteiger partial charge in [0.15, 0.2) is 0 Å². The van der Waals surface area contributed by atoms with Gasteiger partial charge in [0.25, 0.3) is 0 Å². The van der Waals surface area contributed by atoms with Crippen molar-refractivity contribution < 1.29 is 9.53 Å². The van der Waals surface area contributed by atoms with E-state index in [9.17, 15) is 4.79 Å². The van der Waals surface area contributed by atoms with E-state index in [1.807, 2.05) is 0 Å².